The van der Waals surface area contributed by atoms with Crippen molar-refractivity contribution >= 4 is 28.5 Å². The number of benzene rings is 1. The van der Waals surface area contributed by atoms with Crippen molar-refractivity contribution in [3.8, 4) is 11.1 Å². The first-order chi connectivity index (χ1) is 16.2. The Bertz CT molecular complexity index is 1420. The summed E-state index contributed by atoms with van der Waals surface area (Å²) >= 11 is 0. The zero-order valence-electron chi connectivity index (χ0n) is 18.9. The number of nitrogens with zero attached hydrogens (tertiary/aromatic N) is 3. The molecule has 1 aromatic carbocycles. The Morgan fingerprint density at radius 3 is 2.50 bits per heavy atom. The van der Waals surface area contributed by atoms with Crippen molar-refractivity contribution in [3.05, 3.63) is 83.7 Å². The van der Waals surface area contributed by atoms with Gasteiger partial charge in [-0.25, -0.2) is 9.18 Å². The Morgan fingerprint density at radius 2 is 1.88 bits per heavy atom. The molecule has 0 fully saturated rings. The second kappa shape index (κ2) is 8.97. The molecule has 0 saturated carbocycles. The van der Waals surface area contributed by atoms with Crippen LogP contribution in [0.15, 0.2) is 61.1 Å². The molecule has 0 aliphatic rings. The summed E-state index contributed by atoms with van der Waals surface area (Å²) in [7, 11) is 0. The second-order valence-corrected chi connectivity index (χ2v) is 8.24. The number of hydrogen-bond acceptors (Lipinski definition) is 5. The highest BCUT2D eigenvalue weighted by Gasteiger charge is 2.24. The smallest absolute Gasteiger partial charge is 0.338 e. The molecule has 172 valence electrons. The minimum Gasteiger partial charge on any atom is -0.478 e. The van der Waals surface area contributed by atoms with Gasteiger partial charge in [-0.15, -0.1) is 0 Å². The fraction of sp³-hybridized carbons (Fsp3) is 0.192. The summed E-state index contributed by atoms with van der Waals surface area (Å²) in [6.45, 7) is 5.00. The highest BCUT2D eigenvalue weighted by atomic mass is 19.1. The number of carboxylic acid groups (broad SMARTS) is 1. The average molecular weight is 458 g/mol. The molecule has 2 N–H and O–H groups in total. The van der Waals surface area contributed by atoms with E-state index in [2.05, 4.69) is 9.97 Å². The quantitative estimate of drug-likeness (QED) is 0.367. The molecule has 1 unspecified atom stereocenters. The third-order valence-electron chi connectivity index (χ3n) is 5.90. The van der Waals surface area contributed by atoms with Gasteiger partial charge in [-0.1, -0.05) is 12.1 Å². The third-order valence-corrected chi connectivity index (χ3v) is 5.90. The first-order valence-corrected chi connectivity index (χ1v) is 10.7. The topological polar surface area (TPSA) is 109 Å². The van der Waals surface area contributed by atoms with Crippen LogP contribution < -0.4 is 0 Å². The van der Waals surface area contributed by atoms with Crippen molar-refractivity contribution in [2.75, 3.05) is 0 Å². The number of carboxylic acids is 1. The molecule has 0 saturated heterocycles. The maximum Gasteiger partial charge on any atom is 0.338 e. The van der Waals surface area contributed by atoms with E-state index in [0.717, 1.165) is 11.8 Å². The minimum absolute atomic E-state index is 0.158. The SMILES string of the molecule is CC(=N)C(C(C)=O)c1cnc2c(-c3ccc(F)c(C(=O)O)c3)cn([C@@H](C)c3ccccn3)c2c1. The second-order valence-electron chi connectivity index (χ2n) is 8.24. The predicted molar refractivity (Wildman–Crippen MR) is 127 cm³/mol. The maximum atomic E-state index is 14.0. The zero-order chi connectivity index (χ0) is 24.6. The van der Waals surface area contributed by atoms with Crippen molar-refractivity contribution in [1.29, 1.82) is 5.41 Å². The minimum atomic E-state index is -1.36. The molecule has 0 aliphatic heterocycles. The number of carbonyl (C=O) groups is 2. The molecule has 0 amide bonds. The number of ketones is 1. The summed E-state index contributed by atoms with van der Waals surface area (Å²) in [6, 6.07) is 11.2. The number of nitrogens with one attached hydrogen (secondary N) is 1. The average Bonchev–Trinajstić information content (AvgIpc) is 3.17. The Labute approximate surface area is 195 Å². The molecule has 3 heterocycles. The summed E-state index contributed by atoms with van der Waals surface area (Å²) < 4.78 is 16.0. The number of carbonyl (C=O) groups excluding carboxylic acids is 1. The highest BCUT2D eigenvalue weighted by Crippen LogP contribution is 2.35. The van der Waals surface area contributed by atoms with Gasteiger partial charge >= 0.3 is 5.97 Å². The number of hydrogen-bond donors (Lipinski definition) is 2. The molecule has 0 spiro atoms. The lowest BCUT2D eigenvalue weighted by Gasteiger charge is -2.16. The summed E-state index contributed by atoms with van der Waals surface area (Å²) in [5, 5.41) is 17.4. The van der Waals surface area contributed by atoms with Crippen LogP contribution in [0.3, 0.4) is 0 Å². The summed E-state index contributed by atoms with van der Waals surface area (Å²) in [6.07, 6.45) is 5.10. The molecule has 7 nitrogen and oxygen atoms in total. The van der Waals surface area contributed by atoms with Gasteiger partial charge in [-0.05, 0) is 62.2 Å². The van der Waals surface area contributed by atoms with Crippen LogP contribution in [-0.4, -0.2) is 37.1 Å². The number of fused-ring (bicyclic) bond motifs is 1. The maximum absolute atomic E-state index is 14.0. The van der Waals surface area contributed by atoms with Gasteiger partial charge in [0.15, 0.2) is 0 Å². The lowest BCUT2D eigenvalue weighted by Crippen LogP contribution is -2.17. The number of pyridine rings is 2. The molecule has 0 radical (unpaired) electrons. The summed E-state index contributed by atoms with van der Waals surface area (Å²) in [4.78, 5) is 32.8. The van der Waals surface area contributed by atoms with Gasteiger partial charge in [0.1, 0.15) is 11.6 Å². The molecule has 3 aromatic heterocycles. The standard InChI is InChI=1S/C26H23FN4O3/c1-14(28)24(16(3)32)18-11-23-25(30-12-18)20(17-7-8-21(27)19(10-17)26(33)34)13-31(23)15(2)22-6-4-5-9-29-22/h4-13,15,24,28H,1-3H3,(H,33,34)/t15-,24?/m0/s1. The van der Waals surface area contributed by atoms with Crippen LogP contribution in [0.5, 0.6) is 0 Å². The van der Waals surface area contributed by atoms with Crippen LogP contribution in [0.25, 0.3) is 22.2 Å². The first kappa shape index (κ1) is 23.0. The number of halogens is 1. The van der Waals surface area contributed by atoms with Gasteiger partial charge in [0.25, 0.3) is 0 Å². The molecule has 4 aromatic rings. The Kier molecular flexibility index (Phi) is 6.06. The van der Waals surface area contributed by atoms with Crippen molar-refractivity contribution in [2.24, 2.45) is 0 Å². The van der Waals surface area contributed by atoms with Crippen molar-refractivity contribution in [3.63, 3.8) is 0 Å². The van der Waals surface area contributed by atoms with E-state index in [0.29, 0.717) is 27.7 Å². The van der Waals surface area contributed by atoms with E-state index in [1.807, 2.05) is 42.0 Å². The Morgan fingerprint density at radius 1 is 1.12 bits per heavy atom. The third kappa shape index (κ3) is 4.10. The monoisotopic (exact) mass is 458 g/mol. The first-order valence-electron chi connectivity index (χ1n) is 10.7. The number of Topliss-reactive ketones (excluding diaryl/α,β-unsaturated/α-hetero) is 1. The fourth-order valence-corrected chi connectivity index (χ4v) is 4.24. The number of aromatic nitrogens is 3. The number of rotatable bonds is 7. The Balaban J connectivity index is 1.98. The highest BCUT2D eigenvalue weighted by molar-refractivity contribution is 6.07. The van der Waals surface area contributed by atoms with E-state index in [-0.39, 0.29) is 17.5 Å². The van der Waals surface area contributed by atoms with E-state index in [1.54, 1.807) is 19.3 Å². The van der Waals surface area contributed by atoms with Gasteiger partial charge in [-0.3, -0.25) is 14.8 Å². The van der Waals surface area contributed by atoms with Gasteiger partial charge < -0.3 is 15.1 Å². The lowest BCUT2D eigenvalue weighted by molar-refractivity contribution is -0.117. The zero-order valence-corrected chi connectivity index (χ0v) is 18.9. The lowest BCUT2D eigenvalue weighted by atomic mass is 9.92. The molecule has 34 heavy (non-hydrogen) atoms. The predicted octanol–water partition coefficient (Wildman–Crippen LogP) is 5.26. The van der Waals surface area contributed by atoms with E-state index in [9.17, 15) is 19.1 Å². The molecule has 0 bridgehead atoms. The van der Waals surface area contributed by atoms with Crippen LogP contribution in [0, 0.1) is 11.2 Å². The summed E-state index contributed by atoms with van der Waals surface area (Å²) in [5.41, 5.74) is 3.57. The van der Waals surface area contributed by atoms with Crippen LogP contribution in [0.4, 0.5) is 4.39 Å². The van der Waals surface area contributed by atoms with Crippen molar-refractivity contribution < 1.29 is 19.1 Å². The van der Waals surface area contributed by atoms with E-state index >= 15 is 0 Å². The van der Waals surface area contributed by atoms with Crippen LogP contribution >= 0.6 is 0 Å². The van der Waals surface area contributed by atoms with Gasteiger partial charge in [0.2, 0.25) is 0 Å². The van der Waals surface area contributed by atoms with Crippen LogP contribution in [0.1, 0.15) is 54.3 Å². The largest absolute Gasteiger partial charge is 0.478 e. The van der Waals surface area contributed by atoms with Crippen LogP contribution in [-0.2, 0) is 4.79 Å². The normalized spacial score (nSPS) is 12.9. The molecule has 8 heteroatoms. The molecular formula is C26H23FN4O3. The van der Waals surface area contributed by atoms with Crippen molar-refractivity contribution in [2.45, 2.75) is 32.7 Å². The van der Waals surface area contributed by atoms with E-state index in [4.69, 9.17) is 5.41 Å². The van der Waals surface area contributed by atoms with Crippen LogP contribution in [0.2, 0.25) is 0 Å². The molecule has 0 aliphatic carbocycles. The van der Waals surface area contributed by atoms with Crippen molar-refractivity contribution in [1.82, 2.24) is 14.5 Å². The van der Waals surface area contributed by atoms with E-state index in [1.165, 1.54) is 19.1 Å². The van der Waals surface area contributed by atoms with E-state index < -0.39 is 23.3 Å². The number of aromatic carboxylic acids is 1. The molecule has 4 rings (SSSR count). The fourth-order valence-electron chi connectivity index (χ4n) is 4.24. The van der Waals surface area contributed by atoms with Gasteiger partial charge in [0.05, 0.1) is 34.3 Å². The Hall–Kier alpha value is -4.20. The van der Waals surface area contributed by atoms with Gasteiger partial charge in [0, 0.05) is 29.9 Å². The summed E-state index contributed by atoms with van der Waals surface area (Å²) in [5.74, 6) is -3.04. The molecule has 2 atom stereocenters. The van der Waals surface area contributed by atoms with Gasteiger partial charge in [-0.2, -0.15) is 0 Å². The molecular weight excluding hydrogens is 435 g/mol.